The van der Waals surface area contributed by atoms with Gasteiger partial charge in [-0.05, 0) is 86.0 Å². The molecule has 0 aliphatic heterocycles. The minimum absolute atomic E-state index is 0.486. The van der Waals surface area contributed by atoms with Crippen molar-refractivity contribution in [3.05, 3.63) is 247 Å². The van der Waals surface area contributed by atoms with Gasteiger partial charge in [-0.3, -0.25) is 4.57 Å². The number of aromatic nitrogens is 5. The quantitative estimate of drug-likeness (QED) is 0.168. The Morgan fingerprint density at radius 1 is 0.312 bits per heavy atom. The van der Waals surface area contributed by atoms with E-state index in [1.807, 2.05) is 18.2 Å². The van der Waals surface area contributed by atoms with E-state index < -0.39 is 5.41 Å². The number of hydrogen-bond acceptors (Lipinski definition) is 4. The van der Waals surface area contributed by atoms with Crippen LogP contribution in [-0.2, 0) is 5.41 Å². The van der Waals surface area contributed by atoms with Gasteiger partial charge in [0.05, 0.1) is 16.4 Å². The number of nitrogens with zero attached hydrogens (tertiary/aromatic N) is 5. The summed E-state index contributed by atoms with van der Waals surface area (Å²) in [5.41, 5.74) is 18.5. The van der Waals surface area contributed by atoms with E-state index in [0.29, 0.717) is 17.5 Å². The summed E-state index contributed by atoms with van der Waals surface area (Å²) in [5.74, 6) is 2.67. The Kier molecular flexibility index (Phi) is 8.06. The van der Waals surface area contributed by atoms with Crippen LogP contribution in [0, 0.1) is 0 Å². The maximum atomic E-state index is 5.43. The number of hydrogen-bond donors (Lipinski definition) is 0. The van der Waals surface area contributed by atoms with E-state index in [0.717, 1.165) is 61.5 Å². The summed E-state index contributed by atoms with van der Waals surface area (Å²) in [7, 11) is 0. The number of para-hydroxylation sites is 3. The average molecular weight is 816 g/mol. The Morgan fingerprint density at radius 3 is 1.53 bits per heavy atom. The van der Waals surface area contributed by atoms with E-state index in [9.17, 15) is 0 Å². The maximum absolute atomic E-state index is 5.43. The molecule has 9 aromatic carbocycles. The summed E-state index contributed by atoms with van der Waals surface area (Å²) in [6.07, 6.45) is 0. The molecular formula is C59H37N5. The molecule has 0 radical (unpaired) electrons. The van der Waals surface area contributed by atoms with Crippen molar-refractivity contribution in [2.45, 2.75) is 5.41 Å². The summed E-state index contributed by atoms with van der Waals surface area (Å²) in [6, 6.07) is 79.5. The third-order valence-corrected chi connectivity index (χ3v) is 13.1. The van der Waals surface area contributed by atoms with Crippen molar-refractivity contribution in [2.24, 2.45) is 0 Å². The van der Waals surface area contributed by atoms with Crippen LogP contribution in [0.5, 0.6) is 0 Å². The van der Waals surface area contributed by atoms with E-state index in [4.69, 9.17) is 19.9 Å². The molecule has 1 spiro atoms. The van der Waals surface area contributed by atoms with Gasteiger partial charge in [0.25, 0.3) is 0 Å². The molecule has 0 N–H and O–H groups in total. The fraction of sp³-hybridized carbons (Fsp3) is 0.0169. The molecule has 64 heavy (non-hydrogen) atoms. The SMILES string of the molecule is c1ccc(-c2ccc(-c3nc(-c4cccc(-c5nc6ccccc6n5-c5ccccc5)c4)nc(-c4cccc5c4-c4ccccc4C54c5ccccc5-c5ccccc54)n3)cc2)cc1. The van der Waals surface area contributed by atoms with Gasteiger partial charge >= 0.3 is 0 Å². The number of benzene rings is 9. The summed E-state index contributed by atoms with van der Waals surface area (Å²) >= 11 is 0. The van der Waals surface area contributed by atoms with Gasteiger partial charge in [-0.2, -0.15) is 0 Å². The molecule has 0 amide bonds. The monoisotopic (exact) mass is 815 g/mol. The molecule has 0 fully saturated rings. The second-order valence-electron chi connectivity index (χ2n) is 16.5. The smallest absolute Gasteiger partial charge is 0.164 e. The third kappa shape index (κ3) is 5.37. The van der Waals surface area contributed by atoms with Crippen molar-refractivity contribution in [3.63, 3.8) is 0 Å². The van der Waals surface area contributed by atoms with E-state index in [1.54, 1.807) is 0 Å². The molecule has 0 bridgehead atoms. The zero-order valence-electron chi connectivity index (χ0n) is 34.6. The normalized spacial score (nSPS) is 12.8. The molecule has 5 heteroatoms. The molecule has 2 aliphatic carbocycles. The van der Waals surface area contributed by atoms with Crippen LogP contribution < -0.4 is 0 Å². The van der Waals surface area contributed by atoms with Crippen molar-refractivity contribution in [1.29, 1.82) is 0 Å². The van der Waals surface area contributed by atoms with Gasteiger partial charge in [0.15, 0.2) is 17.5 Å². The number of rotatable bonds is 6. The summed E-state index contributed by atoms with van der Waals surface area (Å²) in [6.45, 7) is 0. The van der Waals surface area contributed by atoms with Crippen molar-refractivity contribution in [3.8, 4) is 84.6 Å². The fourth-order valence-corrected chi connectivity index (χ4v) is 10.4. The van der Waals surface area contributed by atoms with Crippen LogP contribution in [0.2, 0.25) is 0 Å². The lowest BCUT2D eigenvalue weighted by atomic mass is 9.70. The van der Waals surface area contributed by atoms with Crippen LogP contribution in [-0.4, -0.2) is 24.5 Å². The molecule has 298 valence electrons. The minimum atomic E-state index is -0.486. The average Bonchev–Trinajstić information content (AvgIpc) is 4.02. The molecule has 11 aromatic rings. The maximum Gasteiger partial charge on any atom is 0.164 e. The van der Waals surface area contributed by atoms with Crippen molar-refractivity contribution in [2.75, 3.05) is 0 Å². The first kappa shape index (κ1) is 36.1. The molecule has 2 heterocycles. The van der Waals surface area contributed by atoms with Crippen LogP contribution in [0.25, 0.3) is 95.7 Å². The van der Waals surface area contributed by atoms with Crippen LogP contribution in [0.1, 0.15) is 22.3 Å². The summed E-state index contributed by atoms with van der Waals surface area (Å²) in [5, 5.41) is 0. The van der Waals surface area contributed by atoms with Crippen LogP contribution in [0.4, 0.5) is 0 Å². The van der Waals surface area contributed by atoms with Crippen LogP contribution in [0.3, 0.4) is 0 Å². The van der Waals surface area contributed by atoms with E-state index in [1.165, 1.54) is 38.9 Å². The van der Waals surface area contributed by atoms with Gasteiger partial charge in [0.1, 0.15) is 5.82 Å². The first-order chi connectivity index (χ1) is 31.7. The first-order valence-electron chi connectivity index (χ1n) is 21.7. The zero-order chi connectivity index (χ0) is 42.2. The lowest BCUT2D eigenvalue weighted by Gasteiger charge is -2.30. The van der Waals surface area contributed by atoms with E-state index >= 15 is 0 Å². The standard InChI is InChI=1S/C59H37N5/c1-3-17-38(18-4-1)39-33-35-40(36-34-39)55-61-56(41-19-15-20-42(37-41)58-60-52-31-13-14-32-53(52)64(58)43-21-5-2-6-22-43)63-57(62-55)47-26-16-30-51-54(47)46-25-9-12-29-50(46)59(51)48-27-10-7-23-44(48)45-24-8-11-28-49(45)59/h1-37H. The highest BCUT2D eigenvalue weighted by Gasteiger charge is 2.52. The van der Waals surface area contributed by atoms with Crippen LogP contribution in [0.15, 0.2) is 224 Å². The largest absolute Gasteiger partial charge is 0.292 e. The molecule has 0 atom stereocenters. The van der Waals surface area contributed by atoms with E-state index in [-0.39, 0.29) is 0 Å². The Bertz CT molecular complexity index is 3560. The minimum Gasteiger partial charge on any atom is -0.292 e. The van der Waals surface area contributed by atoms with Gasteiger partial charge in [0, 0.05) is 27.9 Å². The highest BCUT2D eigenvalue weighted by molar-refractivity contribution is 5.99. The van der Waals surface area contributed by atoms with Crippen molar-refractivity contribution in [1.82, 2.24) is 24.5 Å². The van der Waals surface area contributed by atoms with E-state index in [2.05, 4.69) is 211 Å². The Labute approximate surface area is 370 Å². The molecular weight excluding hydrogens is 779 g/mol. The second kappa shape index (κ2) is 14.3. The van der Waals surface area contributed by atoms with Crippen LogP contribution >= 0.6 is 0 Å². The topological polar surface area (TPSA) is 56.5 Å². The highest BCUT2D eigenvalue weighted by Crippen LogP contribution is 2.63. The Balaban J connectivity index is 1.03. The van der Waals surface area contributed by atoms with Crippen molar-refractivity contribution < 1.29 is 0 Å². The fourth-order valence-electron chi connectivity index (χ4n) is 10.4. The highest BCUT2D eigenvalue weighted by atomic mass is 15.1. The molecule has 2 aromatic heterocycles. The Morgan fingerprint density at radius 2 is 0.797 bits per heavy atom. The van der Waals surface area contributed by atoms with Gasteiger partial charge < -0.3 is 0 Å². The molecule has 0 saturated heterocycles. The third-order valence-electron chi connectivity index (χ3n) is 13.1. The summed E-state index contributed by atoms with van der Waals surface area (Å²) in [4.78, 5) is 21.3. The number of imidazole rings is 1. The second-order valence-corrected chi connectivity index (χ2v) is 16.5. The molecule has 5 nitrogen and oxygen atoms in total. The Hall–Kier alpha value is -8.54. The molecule has 13 rings (SSSR count). The lowest BCUT2D eigenvalue weighted by Crippen LogP contribution is -2.25. The van der Waals surface area contributed by atoms with Gasteiger partial charge in [-0.15, -0.1) is 0 Å². The van der Waals surface area contributed by atoms with Gasteiger partial charge in [0.2, 0.25) is 0 Å². The van der Waals surface area contributed by atoms with Crippen molar-refractivity contribution >= 4 is 11.0 Å². The zero-order valence-corrected chi connectivity index (χ0v) is 34.6. The lowest BCUT2D eigenvalue weighted by molar-refractivity contribution is 0.794. The summed E-state index contributed by atoms with van der Waals surface area (Å²) < 4.78 is 2.23. The van der Waals surface area contributed by atoms with Gasteiger partial charge in [-0.1, -0.05) is 194 Å². The molecule has 2 aliphatic rings. The molecule has 0 unspecified atom stereocenters. The first-order valence-corrected chi connectivity index (χ1v) is 21.7. The number of fused-ring (bicyclic) bond motifs is 11. The predicted octanol–water partition coefficient (Wildman–Crippen LogP) is 13.9. The van der Waals surface area contributed by atoms with Gasteiger partial charge in [-0.25, -0.2) is 19.9 Å². The molecule has 0 saturated carbocycles. The predicted molar refractivity (Wildman–Crippen MR) is 258 cm³/mol.